The third-order valence-corrected chi connectivity index (χ3v) is 1.63. The molecule has 0 unspecified atom stereocenters. The van der Waals surface area contributed by atoms with E-state index in [0.29, 0.717) is 6.42 Å². The maximum absolute atomic E-state index is 9.96. The van der Waals surface area contributed by atoms with Crippen molar-refractivity contribution in [3.05, 3.63) is 6.92 Å². The molecule has 0 N–H and O–H groups in total. The molecule has 0 aliphatic carbocycles. The van der Waals surface area contributed by atoms with Gasteiger partial charge in [0.05, 0.1) is 6.92 Å². The van der Waals surface area contributed by atoms with Gasteiger partial charge in [0.25, 0.3) is 0 Å². The highest BCUT2D eigenvalue weighted by Gasteiger charge is 2.02. The Labute approximate surface area is 47.9 Å². The van der Waals surface area contributed by atoms with Crippen LogP contribution in [0.5, 0.6) is 0 Å². The number of halogens is 1. The summed E-state index contributed by atoms with van der Waals surface area (Å²) in [5, 5.41) is 0. The van der Waals surface area contributed by atoms with Gasteiger partial charge in [0.1, 0.15) is 12.2 Å². The van der Waals surface area contributed by atoms with Crippen molar-refractivity contribution < 1.29 is 8.42 Å². The van der Waals surface area contributed by atoms with Gasteiger partial charge in [-0.1, -0.05) is 0 Å². The van der Waals surface area contributed by atoms with Crippen molar-refractivity contribution in [3.63, 3.8) is 0 Å². The van der Waals surface area contributed by atoms with Gasteiger partial charge in [0, 0.05) is 10.7 Å². The van der Waals surface area contributed by atoms with Crippen molar-refractivity contribution in [1.29, 1.82) is 0 Å². The molecule has 0 heterocycles. The van der Waals surface area contributed by atoms with Crippen molar-refractivity contribution in [2.24, 2.45) is 0 Å². The predicted octanol–water partition coefficient (Wildman–Crippen LogP) is 0.779. The summed E-state index contributed by atoms with van der Waals surface area (Å²) in [6, 6.07) is 0. The van der Waals surface area contributed by atoms with E-state index in [4.69, 9.17) is 10.7 Å². The minimum atomic E-state index is -3.26. The molecule has 4 heteroatoms. The summed E-state index contributed by atoms with van der Waals surface area (Å²) in [5.41, 5.74) is 0. The predicted molar refractivity (Wildman–Crippen MR) is 29.6 cm³/mol. The lowest BCUT2D eigenvalue weighted by molar-refractivity contribution is 0.609. The monoisotopic (exact) mass is 141 g/mol. The summed E-state index contributed by atoms with van der Waals surface area (Å²) >= 11 is 0. The highest BCUT2D eigenvalue weighted by Crippen LogP contribution is 1.96. The Morgan fingerprint density at radius 2 is 2.00 bits per heavy atom. The van der Waals surface area contributed by atoms with E-state index in [2.05, 4.69) is 6.92 Å². The van der Waals surface area contributed by atoms with Crippen LogP contribution >= 0.6 is 10.7 Å². The van der Waals surface area contributed by atoms with Gasteiger partial charge >= 0.3 is 0 Å². The van der Waals surface area contributed by atoms with Crippen molar-refractivity contribution in [2.75, 3.05) is 5.75 Å². The second kappa shape index (κ2) is 2.43. The van der Waals surface area contributed by atoms with Crippen molar-refractivity contribution in [2.45, 2.75) is 6.42 Å². The zero-order valence-corrected chi connectivity index (χ0v) is 5.30. The standard InChI is InChI=1S/C3H6ClO2S/c1-2-3-7(4,5)6/h1-3H2/q+1. The molecule has 0 saturated carbocycles. The summed E-state index contributed by atoms with van der Waals surface area (Å²) in [6.07, 6.45) is 0.339. The summed E-state index contributed by atoms with van der Waals surface area (Å²) in [4.78, 5) is 0. The Morgan fingerprint density at radius 3 is 2.00 bits per heavy atom. The Kier molecular flexibility index (Phi) is 2.46. The first kappa shape index (κ1) is 7.11. The number of hydrogen-bond acceptors (Lipinski definition) is 2. The largest absolute Gasteiger partial charge is 0.236 e. The average molecular weight is 142 g/mol. The number of hydrogen-bond donors (Lipinski definition) is 0. The van der Waals surface area contributed by atoms with Crippen LogP contribution in [0, 0.1) is 6.92 Å². The molecule has 0 atom stereocenters. The normalized spacial score (nSPS) is 11.6. The fourth-order valence-corrected chi connectivity index (χ4v) is 0.845. The van der Waals surface area contributed by atoms with Crippen LogP contribution in [0.25, 0.3) is 0 Å². The first-order valence-electron chi connectivity index (χ1n) is 1.78. The Balaban J connectivity index is 3.60. The van der Waals surface area contributed by atoms with Crippen LogP contribution < -0.4 is 0 Å². The molecule has 0 spiro atoms. The molecule has 0 aromatic heterocycles. The van der Waals surface area contributed by atoms with Gasteiger partial charge in [-0.25, -0.2) is 8.42 Å². The maximum Gasteiger partial charge on any atom is 0.236 e. The van der Waals surface area contributed by atoms with E-state index in [-0.39, 0.29) is 5.75 Å². The van der Waals surface area contributed by atoms with E-state index >= 15 is 0 Å². The van der Waals surface area contributed by atoms with Gasteiger partial charge < -0.3 is 0 Å². The minimum Gasteiger partial charge on any atom is -0.212 e. The molecular formula is C3H6ClO2S+. The fourth-order valence-electron chi connectivity index (χ4n) is 0.172. The second-order valence-corrected chi connectivity index (χ2v) is 3.99. The quantitative estimate of drug-likeness (QED) is 0.421. The van der Waals surface area contributed by atoms with E-state index in [9.17, 15) is 8.42 Å². The van der Waals surface area contributed by atoms with Crippen molar-refractivity contribution in [1.82, 2.24) is 0 Å². The Bertz CT molecular complexity index is 126. The molecule has 2 nitrogen and oxygen atoms in total. The van der Waals surface area contributed by atoms with Crippen LogP contribution in [0.1, 0.15) is 6.42 Å². The molecule has 0 aliphatic heterocycles. The fraction of sp³-hybridized carbons (Fsp3) is 0.667. The van der Waals surface area contributed by atoms with E-state index in [0.717, 1.165) is 0 Å². The summed E-state index contributed by atoms with van der Waals surface area (Å²) < 4.78 is 19.9. The lowest BCUT2D eigenvalue weighted by Crippen LogP contribution is -1.93. The molecule has 0 aromatic carbocycles. The Hall–Kier alpha value is 0.110. The molecule has 7 heavy (non-hydrogen) atoms. The smallest absolute Gasteiger partial charge is 0.212 e. The lowest BCUT2D eigenvalue weighted by atomic mass is 10.6. The van der Waals surface area contributed by atoms with E-state index in [1.165, 1.54) is 0 Å². The molecule has 0 rings (SSSR count). The molecular weight excluding hydrogens is 136 g/mol. The molecule has 0 amide bonds. The van der Waals surface area contributed by atoms with Crippen LogP contribution in [0.4, 0.5) is 0 Å². The third kappa shape index (κ3) is 6.11. The van der Waals surface area contributed by atoms with Crippen LogP contribution in [-0.4, -0.2) is 14.2 Å². The minimum absolute atomic E-state index is 0.0332. The molecule has 0 fully saturated rings. The lowest BCUT2D eigenvalue weighted by Gasteiger charge is -1.80. The van der Waals surface area contributed by atoms with Gasteiger partial charge in [-0.05, 0) is 0 Å². The molecule has 0 saturated heterocycles. The van der Waals surface area contributed by atoms with Crippen molar-refractivity contribution >= 4 is 19.7 Å². The maximum atomic E-state index is 9.96. The topological polar surface area (TPSA) is 34.1 Å². The van der Waals surface area contributed by atoms with E-state index in [1.54, 1.807) is 0 Å². The SMILES string of the molecule is [CH2+]CCS(=O)(=O)Cl. The first-order chi connectivity index (χ1) is 3.06. The highest BCUT2D eigenvalue weighted by atomic mass is 35.7. The molecule has 42 valence electrons. The van der Waals surface area contributed by atoms with Crippen LogP contribution in [0.2, 0.25) is 0 Å². The second-order valence-electron chi connectivity index (χ2n) is 1.10. The summed E-state index contributed by atoms with van der Waals surface area (Å²) in [5.74, 6) is -0.0332. The third-order valence-electron chi connectivity index (χ3n) is 0.388. The zero-order chi connectivity index (χ0) is 5.91. The first-order valence-corrected chi connectivity index (χ1v) is 4.25. The molecule has 0 radical (unpaired) electrons. The summed E-state index contributed by atoms with van der Waals surface area (Å²) in [7, 11) is 1.50. The van der Waals surface area contributed by atoms with Gasteiger partial charge in [0.15, 0.2) is 0 Å². The summed E-state index contributed by atoms with van der Waals surface area (Å²) in [6.45, 7) is 3.31. The Morgan fingerprint density at radius 1 is 1.57 bits per heavy atom. The van der Waals surface area contributed by atoms with E-state index in [1.807, 2.05) is 0 Å². The van der Waals surface area contributed by atoms with Gasteiger partial charge in [-0.15, -0.1) is 0 Å². The number of rotatable bonds is 2. The molecule has 0 aromatic rings. The zero-order valence-electron chi connectivity index (χ0n) is 3.72. The van der Waals surface area contributed by atoms with Gasteiger partial charge in [0.2, 0.25) is 9.05 Å². The van der Waals surface area contributed by atoms with Crippen molar-refractivity contribution in [3.8, 4) is 0 Å². The molecule has 0 aliphatic rings. The van der Waals surface area contributed by atoms with Gasteiger partial charge in [-0.3, -0.25) is 0 Å². The van der Waals surface area contributed by atoms with Crippen LogP contribution in [0.3, 0.4) is 0 Å². The van der Waals surface area contributed by atoms with Gasteiger partial charge in [-0.2, -0.15) is 0 Å². The van der Waals surface area contributed by atoms with Crippen LogP contribution in [0.15, 0.2) is 0 Å². The highest BCUT2D eigenvalue weighted by molar-refractivity contribution is 8.13. The van der Waals surface area contributed by atoms with E-state index < -0.39 is 9.05 Å². The van der Waals surface area contributed by atoms with Crippen LogP contribution in [-0.2, 0) is 9.05 Å². The average Bonchev–Trinajstić information content (AvgIpc) is 1.30. The molecule has 0 bridgehead atoms.